The third-order valence-electron chi connectivity index (χ3n) is 2.68. The van der Waals surface area contributed by atoms with E-state index < -0.39 is 18.0 Å². The molecule has 0 saturated carbocycles. The molecule has 0 aromatic carbocycles. The number of rotatable bonds is 5. The molecule has 0 radical (unpaired) electrons. The number of carboxylic acid groups (broad SMARTS) is 1. The van der Waals surface area contributed by atoms with Gasteiger partial charge in [0.1, 0.15) is 6.10 Å². The molecule has 0 spiro atoms. The number of aliphatic carboxylic acids is 1. The summed E-state index contributed by atoms with van der Waals surface area (Å²) in [4.78, 5) is 33.6. The van der Waals surface area contributed by atoms with Crippen LogP contribution in [0.3, 0.4) is 0 Å². The number of allylic oxidation sites excluding steroid dienone is 1. The quantitative estimate of drug-likeness (QED) is 0.663. The van der Waals surface area contributed by atoms with E-state index in [4.69, 9.17) is 9.84 Å². The largest absolute Gasteiger partial charge is 0.481 e. The van der Waals surface area contributed by atoms with Gasteiger partial charge >= 0.3 is 11.9 Å². The number of ketones is 1. The van der Waals surface area contributed by atoms with E-state index in [0.717, 1.165) is 5.56 Å². The molecule has 0 bridgehead atoms. The van der Waals surface area contributed by atoms with E-state index in [-0.39, 0.29) is 18.6 Å². The third-order valence-corrected chi connectivity index (χ3v) is 3.38. The summed E-state index contributed by atoms with van der Waals surface area (Å²) in [5.74, 6) is -1.89. The standard InChI is InChI=1S/C14H12O5S/c15-11-1-2-12(19-14(18)4-3-13(16)17)10(11)7-9-5-6-20-8-9/h1-2,5-8,12H,3-4H2,(H,16,17). The second-order valence-electron chi connectivity index (χ2n) is 4.18. The summed E-state index contributed by atoms with van der Waals surface area (Å²) in [5, 5.41) is 12.3. The van der Waals surface area contributed by atoms with Gasteiger partial charge in [-0.15, -0.1) is 0 Å². The summed E-state index contributed by atoms with van der Waals surface area (Å²) in [7, 11) is 0. The van der Waals surface area contributed by atoms with Crippen molar-refractivity contribution in [3.63, 3.8) is 0 Å². The summed E-state index contributed by atoms with van der Waals surface area (Å²) >= 11 is 1.50. The maximum atomic E-state index is 11.7. The van der Waals surface area contributed by atoms with Crippen LogP contribution in [-0.4, -0.2) is 28.9 Å². The van der Waals surface area contributed by atoms with Crippen LogP contribution >= 0.6 is 11.3 Å². The number of esters is 1. The van der Waals surface area contributed by atoms with Crippen molar-refractivity contribution in [3.8, 4) is 0 Å². The number of ether oxygens (including phenoxy) is 1. The van der Waals surface area contributed by atoms with E-state index in [1.54, 1.807) is 6.08 Å². The van der Waals surface area contributed by atoms with Crippen LogP contribution in [0.4, 0.5) is 0 Å². The summed E-state index contributed by atoms with van der Waals surface area (Å²) < 4.78 is 5.12. The lowest BCUT2D eigenvalue weighted by Crippen LogP contribution is -2.18. The maximum absolute atomic E-state index is 11.7. The minimum atomic E-state index is -1.06. The monoisotopic (exact) mass is 292 g/mol. The van der Waals surface area contributed by atoms with E-state index in [1.165, 1.54) is 23.5 Å². The van der Waals surface area contributed by atoms with Crippen molar-refractivity contribution in [2.24, 2.45) is 0 Å². The zero-order valence-electron chi connectivity index (χ0n) is 10.4. The average Bonchev–Trinajstić information content (AvgIpc) is 3.01. The van der Waals surface area contributed by atoms with Crippen LogP contribution in [0.5, 0.6) is 0 Å². The number of hydrogen-bond donors (Lipinski definition) is 1. The molecular formula is C14H12O5S. The zero-order valence-corrected chi connectivity index (χ0v) is 11.3. The molecule has 1 aliphatic rings. The van der Waals surface area contributed by atoms with Gasteiger partial charge in [0, 0.05) is 5.57 Å². The Morgan fingerprint density at radius 1 is 1.40 bits per heavy atom. The lowest BCUT2D eigenvalue weighted by atomic mass is 10.1. The molecule has 2 rings (SSSR count). The molecule has 1 aromatic heterocycles. The van der Waals surface area contributed by atoms with Gasteiger partial charge in [0.05, 0.1) is 12.8 Å². The van der Waals surface area contributed by atoms with Crippen LogP contribution in [-0.2, 0) is 19.1 Å². The summed E-state index contributed by atoms with van der Waals surface area (Å²) in [6.07, 6.45) is 3.30. The summed E-state index contributed by atoms with van der Waals surface area (Å²) in [6.45, 7) is 0. The molecule has 20 heavy (non-hydrogen) atoms. The van der Waals surface area contributed by atoms with E-state index in [2.05, 4.69) is 0 Å². The number of carboxylic acids is 1. The molecule has 1 N–H and O–H groups in total. The van der Waals surface area contributed by atoms with Gasteiger partial charge in [-0.05, 0) is 40.6 Å². The molecule has 1 heterocycles. The maximum Gasteiger partial charge on any atom is 0.307 e. The average molecular weight is 292 g/mol. The first-order valence-corrected chi connectivity index (χ1v) is 6.88. The molecule has 5 nitrogen and oxygen atoms in total. The van der Waals surface area contributed by atoms with E-state index in [0.29, 0.717) is 5.57 Å². The highest BCUT2D eigenvalue weighted by molar-refractivity contribution is 7.08. The SMILES string of the molecule is O=C(O)CCC(=O)OC1C=CC(=O)C1=Cc1ccsc1. The Labute approximate surface area is 119 Å². The Balaban J connectivity index is 2.03. The normalized spacial score (nSPS) is 19.5. The Bertz CT molecular complexity index is 583. The second kappa shape index (κ2) is 6.29. The molecule has 0 fully saturated rings. The van der Waals surface area contributed by atoms with Crippen molar-refractivity contribution >= 4 is 35.1 Å². The minimum Gasteiger partial charge on any atom is -0.481 e. The van der Waals surface area contributed by atoms with Crippen LogP contribution in [0.25, 0.3) is 6.08 Å². The van der Waals surface area contributed by atoms with Crippen molar-refractivity contribution in [2.45, 2.75) is 18.9 Å². The molecule has 104 valence electrons. The molecule has 0 amide bonds. The third kappa shape index (κ3) is 3.64. The summed E-state index contributed by atoms with van der Waals surface area (Å²) in [5.41, 5.74) is 1.25. The van der Waals surface area contributed by atoms with Gasteiger partial charge in [-0.25, -0.2) is 0 Å². The second-order valence-corrected chi connectivity index (χ2v) is 4.96. The fourth-order valence-corrected chi connectivity index (χ4v) is 2.34. The van der Waals surface area contributed by atoms with Crippen molar-refractivity contribution < 1.29 is 24.2 Å². The number of carbonyl (C=O) groups excluding carboxylic acids is 2. The molecule has 0 saturated heterocycles. The predicted octanol–water partition coefficient (Wildman–Crippen LogP) is 2.05. The fourth-order valence-electron chi connectivity index (χ4n) is 1.72. The fraction of sp³-hybridized carbons (Fsp3) is 0.214. The predicted molar refractivity (Wildman–Crippen MR) is 73.2 cm³/mol. The van der Waals surface area contributed by atoms with Crippen molar-refractivity contribution in [1.82, 2.24) is 0 Å². The van der Waals surface area contributed by atoms with Crippen LogP contribution in [0.2, 0.25) is 0 Å². The molecular weight excluding hydrogens is 280 g/mol. The van der Waals surface area contributed by atoms with Gasteiger partial charge in [-0.1, -0.05) is 0 Å². The first-order chi connectivity index (χ1) is 9.56. The van der Waals surface area contributed by atoms with Crippen molar-refractivity contribution in [2.75, 3.05) is 0 Å². The van der Waals surface area contributed by atoms with Gasteiger partial charge in [-0.3, -0.25) is 14.4 Å². The molecule has 1 aromatic rings. The number of carbonyl (C=O) groups is 3. The molecule has 1 aliphatic carbocycles. The van der Waals surface area contributed by atoms with Crippen molar-refractivity contribution in [1.29, 1.82) is 0 Å². The zero-order chi connectivity index (χ0) is 14.5. The van der Waals surface area contributed by atoms with Crippen LogP contribution in [0.15, 0.2) is 34.6 Å². The van der Waals surface area contributed by atoms with Crippen LogP contribution < -0.4 is 0 Å². The Kier molecular flexibility index (Phi) is 4.47. The molecule has 6 heteroatoms. The van der Waals surface area contributed by atoms with Gasteiger partial charge < -0.3 is 9.84 Å². The lowest BCUT2D eigenvalue weighted by Gasteiger charge is -2.11. The molecule has 1 unspecified atom stereocenters. The first-order valence-electron chi connectivity index (χ1n) is 5.94. The van der Waals surface area contributed by atoms with E-state index >= 15 is 0 Å². The lowest BCUT2D eigenvalue weighted by molar-refractivity contribution is -0.149. The molecule has 1 atom stereocenters. The Morgan fingerprint density at radius 3 is 2.85 bits per heavy atom. The van der Waals surface area contributed by atoms with Gasteiger partial charge in [0.2, 0.25) is 0 Å². The van der Waals surface area contributed by atoms with Gasteiger partial charge in [0.15, 0.2) is 5.78 Å². The highest BCUT2D eigenvalue weighted by atomic mass is 32.1. The minimum absolute atomic E-state index is 0.202. The van der Waals surface area contributed by atoms with Gasteiger partial charge in [0.25, 0.3) is 0 Å². The van der Waals surface area contributed by atoms with E-state index in [1.807, 2.05) is 16.8 Å². The summed E-state index contributed by atoms with van der Waals surface area (Å²) in [6, 6.07) is 1.85. The smallest absolute Gasteiger partial charge is 0.307 e. The van der Waals surface area contributed by atoms with Crippen LogP contribution in [0.1, 0.15) is 18.4 Å². The van der Waals surface area contributed by atoms with Crippen LogP contribution in [0, 0.1) is 0 Å². The topological polar surface area (TPSA) is 80.7 Å². The number of thiophene rings is 1. The Hall–Kier alpha value is -2.21. The van der Waals surface area contributed by atoms with E-state index in [9.17, 15) is 14.4 Å². The Morgan fingerprint density at radius 2 is 2.20 bits per heavy atom. The molecule has 0 aliphatic heterocycles. The van der Waals surface area contributed by atoms with Gasteiger partial charge in [-0.2, -0.15) is 11.3 Å². The highest BCUT2D eigenvalue weighted by Gasteiger charge is 2.26. The first kappa shape index (κ1) is 14.2. The highest BCUT2D eigenvalue weighted by Crippen LogP contribution is 2.22. The van der Waals surface area contributed by atoms with Crippen molar-refractivity contribution in [3.05, 3.63) is 40.1 Å². The number of hydrogen-bond acceptors (Lipinski definition) is 5.